The number of furan rings is 1. The topological polar surface area (TPSA) is 17.0 Å². The molecule has 0 N–H and O–H groups in total. The van der Waals surface area contributed by atoms with Crippen molar-refractivity contribution in [3.8, 4) is 22.4 Å². The van der Waals surface area contributed by atoms with E-state index >= 15 is 0 Å². The Morgan fingerprint density at radius 1 is 0.711 bits per heavy atom. The molecule has 0 spiro atoms. The standard InChI is InChI=1S/C36H40NO/c1-20(2)28-19-37(9)31(18-24(28)8)32-23(7)14-15-25-26-16-17-30-33(35(26)38-34(25)32)27-12-10-11-13-29(27)36(30,21(3)4)22(5)6/h10-22H,1-9H3/q+1. The Hall–Kier alpha value is -3.39. The lowest BCUT2D eigenvalue weighted by Crippen LogP contribution is -2.37. The quantitative estimate of drug-likeness (QED) is 0.224. The maximum atomic E-state index is 7.03. The van der Waals surface area contributed by atoms with Crippen molar-refractivity contribution < 1.29 is 8.98 Å². The Balaban J connectivity index is 1.72. The van der Waals surface area contributed by atoms with E-state index in [2.05, 4.69) is 128 Å². The number of benzene rings is 3. The molecule has 0 saturated heterocycles. The first-order chi connectivity index (χ1) is 18.1. The van der Waals surface area contributed by atoms with Crippen LogP contribution < -0.4 is 4.57 Å². The molecule has 1 aliphatic rings. The fourth-order valence-corrected chi connectivity index (χ4v) is 7.67. The summed E-state index contributed by atoms with van der Waals surface area (Å²) < 4.78 is 9.31. The second-order valence-electron chi connectivity index (χ2n) is 12.4. The third kappa shape index (κ3) is 3.16. The fourth-order valence-electron chi connectivity index (χ4n) is 7.67. The molecule has 2 nitrogen and oxygen atoms in total. The van der Waals surface area contributed by atoms with Crippen LogP contribution in [0.15, 0.2) is 65.2 Å². The number of aromatic nitrogens is 1. The lowest BCUT2D eigenvalue weighted by Gasteiger charge is -2.40. The van der Waals surface area contributed by atoms with Gasteiger partial charge in [-0.15, -0.1) is 0 Å². The van der Waals surface area contributed by atoms with Crippen molar-refractivity contribution in [1.82, 2.24) is 0 Å². The van der Waals surface area contributed by atoms with Crippen LogP contribution in [0.1, 0.15) is 75.3 Å². The van der Waals surface area contributed by atoms with E-state index in [9.17, 15) is 0 Å². The zero-order chi connectivity index (χ0) is 27.1. The molecule has 0 unspecified atom stereocenters. The molecule has 0 atom stereocenters. The summed E-state index contributed by atoms with van der Waals surface area (Å²) in [4.78, 5) is 0. The highest BCUT2D eigenvalue weighted by atomic mass is 16.3. The normalized spacial score (nSPS) is 14.3. The van der Waals surface area contributed by atoms with Crippen molar-refractivity contribution in [2.45, 2.75) is 66.7 Å². The summed E-state index contributed by atoms with van der Waals surface area (Å²) in [5.41, 5.74) is 13.8. The molecular formula is C36H40NO+. The maximum absolute atomic E-state index is 7.03. The Bertz CT molecular complexity index is 1720. The Labute approximate surface area is 227 Å². The largest absolute Gasteiger partial charge is 0.454 e. The van der Waals surface area contributed by atoms with Gasteiger partial charge < -0.3 is 4.42 Å². The number of fused-ring (bicyclic) bond motifs is 7. The molecule has 0 bridgehead atoms. The molecule has 0 fully saturated rings. The van der Waals surface area contributed by atoms with E-state index in [0.29, 0.717) is 17.8 Å². The summed E-state index contributed by atoms with van der Waals surface area (Å²) in [6.07, 6.45) is 2.30. The second kappa shape index (κ2) is 8.56. The highest BCUT2D eigenvalue weighted by Crippen LogP contribution is 2.58. The number of nitrogens with zero attached hydrogens (tertiary/aromatic N) is 1. The summed E-state index contributed by atoms with van der Waals surface area (Å²) in [7, 11) is 2.16. The molecule has 1 aliphatic carbocycles. The number of hydrogen-bond donors (Lipinski definition) is 0. The van der Waals surface area contributed by atoms with Crippen LogP contribution in [-0.4, -0.2) is 0 Å². The highest BCUT2D eigenvalue weighted by molar-refractivity contribution is 6.14. The van der Waals surface area contributed by atoms with E-state index in [0.717, 1.165) is 11.2 Å². The van der Waals surface area contributed by atoms with Gasteiger partial charge in [0.15, 0.2) is 6.20 Å². The van der Waals surface area contributed by atoms with Crippen molar-refractivity contribution in [2.24, 2.45) is 18.9 Å². The highest BCUT2D eigenvalue weighted by Gasteiger charge is 2.48. The second-order valence-corrected chi connectivity index (χ2v) is 12.4. The Morgan fingerprint density at radius 2 is 1.34 bits per heavy atom. The van der Waals surface area contributed by atoms with Gasteiger partial charge in [-0.2, -0.15) is 0 Å². The van der Waals surface area contributed by atoms with E-state index in [1.54, 1.807) is 0 Å². The number of pyridine rings is 1. The van der Waals surface area contributed by atoms with Gasteiger partial charge in [-0.1, -0.05) is 90.1 Å². The minimum absolute atomic E-state index is 0.0337. The first-order valence-electron chi connectivity index (χ1n) is 14.2. The molecule has 194 valence electrons. The molecule has 5 aromatic rings. The first-order valence-corrected chi connectivity index (χ1v) is 14.2. The molecular weight excluding hydrogens is 462 g/mol. The lowest BCUT2D eigenvalue weighted by molar-refractivity contribution is -0.660. The van der Waals surface area contributed by atoms with Gasteiger partial charge in [0.2, 0.25) is 5.69 Å². The van der Waals surface area contributed by atoms with E-state index in [-0.39, 0.29) is 5.41 Å². The summed E-state index contributed by atoms with van der Waals surface area (Å²) in [6, 6.07) is 20.6. The number of rotatable bonds is 4. The van der Waals surface area contributed by atoms with Crippen LogP contribution in [0.3, 0.4) is 0 Å². The van der Waals surface area contributed by atoms with Crippen LogP contribution in [0.4, 0.5) is 0 Å². The van der Waals surface area contributed by atoms with E-state index in [1.165, 1.54) is 61.0 Å². The molecule has 6 rings (SSSR count). The van der Waals surface area contributed by atoms with Gasteiger partial charge in [0.1, 0.15) is 18.2 Å². The molecule has 2 aromatic heterocycles. The molecule has 0 radical (unpaired) electrons. The number of hydrogen-bond acceptors (Lipinski definition) is 1. The van der Waals surface area contributed by atoms with Crippen molar-refractivity contribution in [3.05, 3.63) is 88.6 Å². The van der Waals surface area contributed by atoms with E-state index < -0.39 is 0 Å². The zero-order valence-corrected chi connectivity index (χ0v) is 24.4. The molecule has 2 heteroatoms. The van der Waals surface area contributed by atoms with Gasteiger partial charge in [0.25, 0.3) is 0 Å². The van der Waals surface area contributed by atoms with Gasteiger partial charge in [0.05, 0.1) is 5.56 Å². The molecule has 0 saturated carbocycles. The van der Waals surface area contributed by atoms with Gasteiger partial charge in [-0.05, 0) is 59.4 Å². The van der Waals surface area contributed by atoms with Gasteiger partial charge >= 0.3 is 0 Å². The van der Waals surface area contributed by atoms with Crippen LogP contribution >= 0.6 is 0 Å². The van der Waals surface area contributed by atoms with Crippen LogP contribution in [0.2, 0.25) is 0 Å². The fraction of sp³-hybridized carbons (Fsp3) is 0.361. The van der Waals surface area contributed by atoms with Gasteiger partial charge in [0, 0.05) is 33.4 Å². The monoisotopic (exact) mass is 502 g/mol. The van der Waals surface area contributed by atoms with Crippen LogP contribution in [-0.2, 0) is 12.5 Å². The van der Waals surface area contributed by atoms with Crippen LogP contribution in [0.25, 0.3) is 44.3 Å². The maximum Gasteiger partial charge on any atom is 0.216 e. The van der Waals surface area contributed by atoms with Gasteiger partial charge in [-0.25, -0.2) is 4.57 Å². The minimum atomic E-state index is -0.0337. The number of aryl methyl sites for hydroxylation is 3. The third-order valence-corrected chi connectivity index (χ3v) is 9.33. The summed E-state index contributed by atoms with van der Waals surface area (Å²) >= 11 is 0. The summed E-state index contributed by atoms with van der Waals surface area (Å²) in [6.45, 7) is 18.5. The molecule has 38 heavy (non-hydrogen) atoms. The van der Waals surface area contributed by atoms with Crippen molar-refractivity contribution in [1.29, 1.82) is 0 Å². The van der Waals surface area contributed by atoms with Crippen molar-refractivity contribution >= 4 is 21.9 Å². The van der Waals surface area contributed by atoms with Crippen molar-refractivity contribution in [2.75, 3.05) is 0 Å². The average Bonchev–Trinajstić information content (AvgIpc) is 3.39. The third-order valence-electron chi connectivity index (χ3n) is 9.33. The molecule has 0 aliphatic heterocycles. The van der Waals surface area contributed by atoms with E-state index in [4.69, 9.17) is 4.42 Å². The van der Waals surface area contributed by atoms with Gasteiger partial charge in [-0.3, -0.25) is 0 Å². The Kier molecular flexibility index (Phi) is 5.61. The zero-order valence-electron chi connectivity index (χ0n) is 24.4. The lowest BCUT2D eigenvalue weighted by atomic mass is 9.63. The van der Waals surface area contributed by atoms with Crippen LogP contribution in [0.5, 0.6) is 0 Å². The van der Waals surface area contributed by atoms with Crippen molar-refractivity contribution in [3.63, 3.8) is 0 Å². The summed E-state index contributed by atoms with van der Waals surface area (Å²) in [5, 5.41) is 2.40. The predicted molar refractivity (Wildman–Crippen MR) is 160 cm³/mol. The van der Waals surface area contributed by atoms with Crippen LogP contribution in [0, 0.1) is 25.7 Å². The molecule has 3 aromatic carbocycles. The SMILES string of the molecule is Cc1cc(-c2c(C)ccc3c2oc2c4c(ccc23)C(C(C)C)(C(C)C)c2ccccc2-4)[n+](C)cc1C(C)C. The molecule has 2 heterocycles. The predicted octanol–water partition coefficient (Wildman–Crippen LogP) is 9.40. The minimum Gasteiger partial charge on any atom is -0.454 e. The smallest absolute Gasteiger partial charge is 0.216 e. The summed E-state index contributed by atoms with van der Waals surface area (Å²) in [5.74, 6) is 1.42. The molecule has 0 amide bonds. The average molecular weight is 503 g/mol. The Morgan fingerprint density at radius 3 is 2.00 bits per heavy atom. The first kappa shape index (κ1) is 24.9. The van der Waals surface area contributed by atoms with E-state index in [1.807, 2.05) is 0 Å².